The molecule has 1 fully saturated rings. The van der Waals surface area contributed by atoms with E-state index in [0.717, 1.165) is 12.8 Å². The van der Waals surface area contributed by atoms with Gasteiger partial charge in [0.25, 0.3) is 0 Å². The van der Waals surface area contributed by atoms with Crippen LogP contribution in [-0.2, 0) is 4.74 Å². The Balaban J connectivity index is 2.33. The van der Waals surface area contributed by atoms with Gasteiger partial charge in [0.1, 0.15) is 16.9 Å². The van der Waals surface area contributed by atoms with E-state index in [9.17, 15) is 4.79 Å². The Labute approximate surface area is 107 Å². The maximum absolute atomic E-state index is 11.6. The predicted octanol–water partition coefficient (Wildman–Crippen LogP) is 2.10. The van der Waals surface area contributed by atoms with Crippen LogP contribution in [0.4, 0.5) is 5.82 Å². The molecule has 0 spiro atoms. The molecule has 0 atom stereocenters. The summed E-state index contributed by atoms with van der Waals surface area (Å²) in [5, 5.41) is 12.0. The number of hydrogen-bond acceptors (Lipinski definition) is 5. The van der Waals surface area contributed by atoms with Gasteiger partial charge in [-0.15, -0.1) is 0 Å². The van der Waals surface area contributed by atoms with Crippen molar-refractivity contribution in [1.29, 1.82) is 5.26 Å². The largest absolute Gasteiger partial charge is 0.465 e. The number of nitriles is 1. The van der Waals surface area contributed by atoms with Gasteiger partial charge in [0.2, 0.25) is 0 Å². The van der Waals surface area contributed by atoms with E-state index in [1.54, 1.807) is 12.3 Å². The molecule has 1 aliphatic carbocycles. The predicted molar refractivity (Wildman–Crippen MR) is 64.5 cm³/mol. The molecule has 2 rings (SSSR count). The van der Waals surface area contributed by atoms with E-state index in [4.69, 9.17) is 5.26 Å². The summed E-state index contributed by atoms with van der Waals surface area (Å²) in [4.78, 5) is 15.7. The average Bonchev–Trinajstić information content (AvgIpc) is 3.11. The molecule has 0 saturated heterocycles. The van der Waals surface area contributed by atoms with Crippen molar-refractivity contribution in [2.75, 3.05) is 12.4 Å². The molecule has 88 valence electrons. The Morgan fingerprint density at radius 1 is 1.71 bits per heavy atom. The van der Waals surface area contributed by atoms with Gasteiger partial charge in [0.05, 0.1) is 13.2 Å². The van der Waals surface area contributed by atoms with Crippen LogP contribution in [-0.4, -0.2) is 23.6 Å². The fourth-order valence-electron chi connectivity index (χ4n) is 1.42. The molecule has 1 aliphatic rings. The van der Waals surface area contributed by atoms with Crippen LogP contribution in [0.5, 0.6) is 0 Å². The number of pyridine rings is 1. The van der Waals surface area contributed by atoms with Crippen LogP contribution in [0.2, 0.25) is 0 Å². The van der Waals surface area contributed by atoms with E-state index in [0.29, 0.717) is 15.9 Å². The summed E-state index contributed by atoms with van der Waals surface area (Å²) in [5.74, 6) is -0.0888. The third-order valence-corrected chi connectivity index (χ3v) is 3.01. The second-order valence-corrected chi connectivity index (χ2v) is 4.78. The van der Waals surface area contributed by atoms with Crippen molar-refractivity contribution in [3.63, 3.8) is 0 Å². The average molecular weight is 296 g/mol. The van der Waals surface area contributed by atoms with Crippen LogP contribution in [0.15, 0.2) is 16.7 Å². The van der Waals surface area contributed by atoms with Crippen molar-refractivity contribution in [2.24, 2.45) is 0 Å². The number of carbonyl (C=O) groups is 1. The number of anilines is 1. The Hall–Kier alpha value is -1.61. The molecular formula is C11H10BrN3O2. The first kappa shape index (κ1) is 11.9. The maximum atomic E-state index is 11.6. The molecule has 1 aromatic rings. The summed E-state index contributed by atoms with van der Waals surface area (Å²) in [7, 11) is 1.31. The van der Waals surface area contributed by atoms with Crippen molar-refractivity contribution >= 4 is 27.7 Å². The van der Waals surface area contributed by atoms with Crippen LogP contribution >= 0.6 is 15.9 Å². The second kappa shape index (κ2) is 4.34. The zero-order valence-electron chi connectivity index (χ0n) is 9.16. The highest BCUT2D eigenvalue weighted by Crippen LogP contribution is 2.38. The van der Waals surface area contributed by atoms with Gasteiger partial charge in [-0.05, 0) is 34.8 Å². The van der Waals surface area contributed by atoms with E-state index < -0.39 is 11.5 Å². The molecule has 17 heavy (non-hydrogen) atoms. The number of nitrogens with one attached hydrogen (secondary N) is 1. The monoisotopic (exact) mass is 295 g/mol. The molecule has 0 aromatic carbocycles. The standard InChI is InChI=1S/C11H10BrN3O2/c1-17-10(16)8-4-7(12)5-14-9(8)15-11(6-13)2-3-11/h4-5H,2-3H2,1H3,(H,14,15). The van der Waals surface area contributed by atoms with Gasteiger partial charge in [-0.3, -0.25) is 0 Å². The molecule has 0 aliphatic heterocycles. The highest BCUT2D eigenvalue weighted by Gasteiger charge is 2.44. The number of hydrogen-bond donors (Lipinski definition) is 1. The number of rotatable bonds is 3. The Kier molecular flexibility index (Phi) is 3.03. The van der Waals surface area contributed by atoms with Gasteiger partial charge in [-0.25, -0.2) is 9.78 Å². The van der Waals surface area contributed by atoms with Crippen molar-refractivity contribution in [1.82, 2.24) is 4.98 Å². The highest BCUT2D eigenvalue weighted by atomic mass is 79.9. The first-order chi connectivity index (χ1) is 8.10. The summed E-state index contributed by atoms with van der Waals surface area (Å²) in [6.45, 7) is 0. The number of aromatic nitrogens is 1. The minimum absolute atomic E-state index is 0.323. The molecule has 1 heterocycles. The van der Waals surface area contributed by atoms with E-state index in [1.807, 2.05) is 0 Å². The molecule has 0 unspecified atom stereocenters. The molecule has 6 heteroatoms. The van der Waals surface area contributed by atoms with Crippen LogP contribution in [0.25, 0.3) is 0 Å². The van der Waals surface area contributed by atoms with E-state index >= 15 is 0 Å². The summed E-state index contributed by atoms with van der Waals surface area (Å²) >= 11 is 3.24. The molecular weight excluding hydrogens is 286 g/mol. The second-order valence-electron chi connectivity index (χ2n) is 3.86. The zero-order chi connectivity index (χ0) is 12.5. The SMILES string of the molecule is COC(=O)c1cc(Br)cnc1NC1(C#N)CC1. The van der Waals surface area contributed by atoms with Crippen molar-refractivity contribution < 1.29 is 9.53 Å². The first-order valence-corrected chi connectivity index (χ1v) is 5.83. The zero-order valence-corrected chi connectivity index (χ0v) is 10.7. The third-order valence-electron chi connectivity index (χ3n) is 2.58. The number of carbonyl (C=O) groups excluding carboxylic acids is 1. The van der Waals surface area contributed by atoms with Crippen molar-refractivity contribution in [3.05, 3.63) is 22.3 Å². The highest BCUT2D eigenvalue weighted by molar-refractivity contribution is 9.10. The lowest BCUT2D eigenvalue weighted by Crippen LogP contribution is -2.21. The number of nitrogens with zero attached hydrogens (tertiary/aromatic N) is 2. The minimum Gasteiger partial charge on any atom is -0.465 e. The molecule has 0 bridgehead atoms. The quantitative estimate of drug-likeness (QED) is 0.864. The third kappa shape index (κ3) is 2.39. The number of halogens is 1. The van der Waals surface area contributed by atoms with Gasteiger partial charge in [0.15, 0.2) is 0 Å². The number of ether oxygens (including phenoxy) is 1. The van der Waals surface area contributed by atoms with Gasteiger partial charge in [-0.1, -0.05) is 0 Å². The van der Waals surface area contributed by atoms with Crippen molar-refractivity contribution in [2.45, 2.75) is 18.4 Å². The Morgan fingerprint density at radius 3 is 2.94 bits per heavy atom. The van der Waals surface area contributed by atoms with Gasteiger partial charge < -0.3 is 10.1 Å². The fourth-order valence-corrected chi connectivity index (χ4v) is 1.75. The molecule has 0 radical (unpaired) electrons. The van der Waals surface area contributed by atoms with Gasteiger partial charge in [0, 0.05) is 10.7 Å². The molecule has 1 saturated carbocycles. The van der Waals surface area contributed by atoms with Crippen molar-refractivity contribution in [3.8, 4) is 6.07 Å². The maximum Gasteiger partial charge on any atom is 0.341 e. The molecule has 1 N–H and O–H groups in total. The summed E-state index contributed by atoms with van der Waals surface area (Å²) in [6, 6.07) is 3.80. The summed E-state index contributed by atoms with van der Waals surface area (Å²) in [5.41, 5.74) is -0.243. The smallest absolute Gasteiger partial charge is 0.341 e. The van der Waals surface area contributed by atoms with Gasteiger partial charge >= 0.3 is 5.97 Å². The minimum atomic E-state index is -0.566. The lowest BCUT2D eigenvalue weighted by molar-refractivity contribution is 0.0601. The Morgan fingerprint density at radius 2 is 2.41 bits per heavy atom. The summed E-state index contributed by atoms with van der Waals surface area (Å²) < 4.78 is 5.36. The Bertz CT molecular complexity index is 506. The van der Waals surface area contributed by atoms with Crippen LogP contribution in [0, 0.1) is 11.3 Å². The van der Waals surface area contributed by atoms with E-state index in [1.165, 1.54) is 7.11 Å². The first-order valence-electron chi connectivity index (χ1n) is 5.03. The molecule has 5 nitrogen and oxygen atoms in total. The lowest BCUT2D eigenvalue weighted by Gasteiger charge is -2.13. The van der Waals surface area contributed by atoms with Crippen LogP contribution < -0.4 is 5.32 Å². The normalized spacial score (nSPS) is 15.8. The number of methoxy groups -OCH3 is 1. The van der Waals surface area contributed by atoms with E-state index in [2.05, 4.69) is 37.0 Å². The van der Waals surface area contributed by atoms with Crippen LogP contribution in [0.1, 0.15) is 23.2 Å². The topological polar surface area (TPSA) is 75.0 Å². The fraction of sp³-hybridized carbons (Fsp3) is 0.364. The van der Waals surface area contributed by atoms with E-state index in [-0.39, 0.29) is 0 Å². The number of esters is 1. The lowest BCUT2D eigenvalue weighted by atomic mass is 10.2. The summed E-state index contributed by atoms with van der Waals surface area (Å²) in [6.07, 6.45) is 3.10. The molecule has 1 aromatic heterocycles. The van der Waals surface area contributed by atoms with Crippen LogP contribution in [0.3, 0.4) is 0 Å². The molecule has 0 amide bonds. The van der Waals surface area contributed by atoms with Gasteiger partial charge in [-0.2, -0.15) is 5.26 Å².